The van der Waals surface area contributed by atoms with Crippen LogP contribution in [0.25, 0.3) is 0 Å². The van der Waals surface area contributed by atoms with Crippen LogP contribution in [0.2, 0.25) is 0 Å². The minimum absolute atomic E-state index is 0.108. The number of rotatable bonds is 4. The second-order valence-electron chi connectivity index (χ2n) is 6.35. The van der Waals surface area contributed by atoms with Crippen LogP contribution in [0.3, 0.4) is 0 Å². The number of carbonyl (C=O) groups excluding carboxylic acids is 2. The molecule has 0 heterocycles. The van der Waals surface area contributed by atoms with E-state index in [4.69, 9.17) is 9.47 Å². The molecular formula is C18H18N2O6. The van der Waals surface area contributed by atoms with Gasteiger partial charge < -0.3 is 9.47 Å². The van der Waals surface area contributed by atoms with Gasteiger partial charge in [-0.25, -0.2) is 9.59 Å². The first kappa shape index (κ1) is 18.9. The number of nitrogens with zero attached hydrogens (tertiary/aromatic N) is 1. The molecule has 8 nitrogen and oxygen atoms in total. The summed E-state index contributed by atoms with van der Waals surface area (Å²) in [7, 11) is 0. The highest BCUT2D eigenvalue weighted by molar-refractivity contribution is 5.93. The molecular weight excluding hydrogens is 340 g/mol. The second-order valence-corrected chi connectivity index (χ2v) is 6.35. The number of carbonyl (C=O) groups is 2. The van der Waals surface area contributed by atoms with Crippen molar-refractivity contribution in [3.05, 3.63) is 64.2 Å². The quantitative estimate of drug-likeness (QED) is 0.499. The summed E-state index contributed by atoms with van der Waals surface area (Å²) in [5.41, 5.74) is -0.105. The molecule has 0 unspecified atom stereocenters. The highest BCUT2D eigenvalue weighted by Crippen LogP contribution is 2.19. The zero-order chi connectivity index (χ0) is 19.3. The number of hydrogen-bond donors (Lipinski definition) is 1. The van der Waals surface area contributed by atoms with Gasteiger partial charge in [-0.1, -0.05) is 6.07 Å². The van der Waals surface area contributed by atoms with Crippen LogP contribution >= 0.6 is 0 Å². The van der Waals surface area contributed by atoms with E-state index >= 15 is 0 Å². The van der Waals surface area contributed by atoms with Gasteiger partial charge in [0.25, 0.3) is 5.69 Å². The summed E-state index contributed by atoms with van der Waals surface area (Å²) < 4.78 is 10.3. The van der Waals surface area contributed by atoms with Gasteiger partial charge in [0.1, 0.15) is 11.4 Å². The van der Waals surface area contributed by atoms with Gasteiger partial charge in [0.2, 0.25) is 0 Å². The van der Waals surface area contributed by atoms with Gasteiger partial charge in [0.05, 0.1) is 10.5 Å². The van der Waals surface area contributed by atoms with Crippen molar-refractivity contribution in [1.29, 1.82) is 0 Å². The summed E-state index contributed by atoms with van der Waals surface area (Å²) in [5.74, 6) is -0.360. The molecule has 0 saturated carbocycles. The summed E-state index contributed by atoms with van der Waals surface area (Å²) in [4.78, 5) is 34.0. The van der Waals surface area contributed by atoms with Gasteiger partial charge in [-0.2, -0.15) is 0 Å². The maximum Gasteiger partial charge on any atom is 0.417 e. The number of non-ortho nitro benzene ring substituents is 1. The van der Waals surface area contributed by atoms with Crippen LogP contribution in [0.15, 0.2) is 48.5 Å². The Morgan fingerprint density at radius 2 is 1.73 bits per heavy atom. The Bertz CT molecular complexity index is 824. The first-order valence-corrected chi connectivity index (χ1v) is 7.71. The lowest BCUT2D eigenvalue weighted by atomic mass is 10.1. The molecule has 0 spiro atoms. The molecule has 0 saturated heterocycles. The molecule has 1 N–H and O–H groups in total. The predicted octanol–water partition coefficient (Wildman–Crippen LogP) is 4.16. The molecule has 0 fully saturated rings. The Hall–Kier alpha value is -3.42. The maximum atomic E-state index is 12.1. The van der Waals surface area contributed by atoms with Crippen LogP contribution in [0, 0.1) is 10.1 Å². The molecule has 0 aliphatic rings. The summed E-state index contributed by atoms with van der Waals surface area (Å²) in [6.45, 7) is 5.28. The first-order chi connectivity index (χ1) is 12.1. The van der Waals surface area contributed by atoms with Crippen LogP contribution in [0.1, 0.15) is 31.1 Å². The Balaban J connectivity index is 2.01. The molecule has 0 radical (unpaired) electrons. The van der Waals surface area contributed by atoms with Crippen molar-refractivity contribution in [2.75, 3.05) is 5.32 Å². The van der Waals surface area contributed by atoms with Crippen molar-refractivity contribution >= 4 is 23.4 Å². The van der Waals surface area contributed by atoms with Gasteiger partial charge in [-0.05, 0) is 51.1 Å². The second kappa shape index (κ2) is 7.64. The summed E-state index contributed by atoms with van der Waals surface area (Å²) in [6.07, 6.45) is -0.791. The number of benzene rings is 2. The van der Waals surface area contributed by atoms with E-state index in [9.17, 15) is 19.7 Å². The molecule has 136 valence electrons. The van der Waals surface area contributed by atoms with Crippen molar-refractivity contribution in [2.45, 2.75) is 26.4 Å². The molecule has 0 aromatic heterocycles. The Labute approximate surface area is 149 Å². The minimum atomic E-state index is -0.791. The summed E-state index contributed by atoms with van der Waals surface area (Å²) >= 11 is 0. The van der Waals surface area contributed by atoms with Crippen LogP contribution in [-0.4, -0.2) is 22.6 Å². The molecule has 1 amide bonds. The van der Waals surface area contributed by atoms with E-state index in [0.29, 0.717) is 5.69 Å². The first-order valence-electron chi connectivity index (χ1n) is 7.71. The van der Waals surface area contributed by atoms with Gasteiger partial charge in [-0.15, -0.1) is 0 Å². The Morgan fingerprint density at radius 3 is 2.31 bits per heavy atom. The van der Waals surface area contributed by atoms with E-state index in [2.05, 4.69) is 5.32 Å². The van der Waals surface area contributed by atoms with Gasteiger partial charge >= 0.3 is 12.1 Å². The third-order valence-corrected chi connectivity index (χ3v) is 3.00. The normalized spacial score (nSPS) is 10.7. The number of anilines is 1. The Kier molecular flexibility index (Phi) is 5.56. The van der Waals surface area contributed by atoms with E-state index in [1.54, 1.807) is 39.0 Å². The number of esters is 1. The highest BCUT2D eigenvalue weighted by Gasteiger charge is 2.18. The molecule has 2 aromatic rings. The van der Waals surface area contributed by atoms with E-state index < -0.39 is 22.6 Å². The lowest BCUT2D eigenvalue weighted by molar-refractivity contribution is -0.384. The molecule has 2 rings (SSSR count). The van der Waals surface area contributed by atoms with Crippen LogP contribution in [0.5, 0.6) is 5.75 Å². The third kappa shape index (κ3) is 5.59. The van der Waals surface area contributed by atoms with E-state index in [0.717, 1.165) is 0 Å². The fraction of sp³-hybridized carbons (Fsp3) is 0.222. The zero-order valence-corrected chi connectivity index (χ0v) is 14.5. The number of nitro groups is 1. The molecule has 2 aromatic carbocycles. The van der Waals surface area contributed by atoms with Crippen LogP contribution < -0.4 is 10.1 Å². The van der Waals surface area contributed by atoms with Crippen molar-refractivity contribution in [2.24, 2.45) is 0 Å². The monoisotopic (exact) mass is 358 g/mol. The van der Waals surface area contributed by atoms with Crippen molar-refractivity contribution < 1.29 is 24.0 Å². The van der Waals surface area contributed by atoms with E-state index in [-0.39, 0.29) is 17.0 Å². The standard InChI is InChI=1S/C18H18N2O6/c1-18(2,3)26-16(21)12-5-4-6-13(11-12)19-17(22)25-15-9-7-14(8-10-15)20(23)24/h4-11H,1-3H3,(H,19,22). The van der Waals surface area contributed by atoms with Crippen LogP contribution in [-0.2, 0) is 4.74 Å². The Morgan fingerprint density at radius 1 is 1.08 bits per heavy atom. The van der Waals surface area contributed by atoms with E-state index in [1.807, 2.05) is 0 Å². The average molecular weight is 358 g/mol. The number of nitro benzene ring substituents is 1. The predicted molar refractivity (Wildman–Crippen MR) is 94.4 cm³/mol. The number of nitrogens with one attached hydrogen (secondary N) is 1. The fourth-order valence-electron chi connectivity index (χ4n) is 1.95. The SMILES string of the molecule is CC(C)(C)OC(=O)c1cccc(NC(=O)Oc2ccc([N+](=O)[O-])cc2)c1. The van der Waals surface area contributed by atoms with Gasteiger partial charge in [0.15, 0.2) is 0 Å². The zero-order valence-electron chi connectivity index (χ0n) is 14.5. The number of amides is 1. The molecule has 26 heavy (non-hydrogen) atoms. The molecule has 0 atom stereocenters. The fourth-order valence-corrected chi connectivity index (χ4v) is 1.95. The number of ether oxygens (including phenoxy) is 2. The summed E-state index contributed by atoms with van der Waals surface area (Å²) in [6, 6.07) is 11.3. The van der Waals surface area contributed by atoms with Crippen molar-refractivity contribution in [1.82, 2.24) is 0 Å². The highest BCUT2D eigenvalue weighted by atomic mass is 16.6. The van der Waals surface area contributed by atoms with Crippen molar-refractivity contribution in [3.8, 4) is 5.75 Å². The maximum absolute atomic E-state index is 12.1. The lowest BCUT2D eigenvalue weighted by Crippen LogP contribution is -2.24. The molecule has 0 bridgehead atoms. The smallest absolute Gasteiger partial charge is 0.417 e. The van der Waals surface area contributed by atoms with Gasteiger partial charge in [-0.3, -0.25) is 15.4 Å². The molecule has 0 aliphatic heterocycles. The van der Waals surface area contributed by atoms with E-state index in [1.165, 1.54) is 30.3 Å². The largest absolute Gasteiger partial charge is 0.456 e. The number of hydrogen-bond acceptors (Lipinski definition) is 6. The topological polar surface area (TPSA) is 108 Å². The lowest BCUT2D eigenvalue weighted by Gasteiger charge is -2.19. The molecule has 8 heteroatoms. The van der Waals surface area contributed by atoms with Crippen LogP contribution in [0.4, 0.5) is 16.2 Å². The minimum Gasteiger partial charge on any atom is -0.456 e. The van der Waals surface area contributed by atoms with Gasteiger partial charge in [0, 0.05) is 17.8 Å². The average Bonchev–Trinajstić information content (AvgIpc) is 2.54. The summed E-state index contributed by atoms with van der Waals surface area (Å²) in [5, 5.41) is 13.1. The van der Waals surface area contributed by atoms with Crippen molar-refractivity contribution in [3.63, 3.8) is 0 Å². The molecule has 0 aliphatic carbocycles. The third-order valence-electron chi connectivity index (χ3n) is 3.00.